The lowest BCUT2D eigenvalue weighted by molar-refractivity contribution is -0.116. The van der Waals surface area contributed by atoms with E-state index >= 15 is 0 Å². The van der Waals surface area contributed by atoms with Crippen LogP contribution in [-0.4, -0.2) is 15.5 Å². The molecule has 0 saturated carbocycles. The van der Waals surface area contributed by atoms with Crippen molar-refractivity contribution in [3.63, 3.8) is 0 Å². The number of amides is 1. The van der Waals surface area contributed by atoms with E-state index in [2.05, 4.69) is 10.3 Å². The Morgan fingerprint density at radius 1 is 1.27 bits per heavy atom. The fraction of sp³-hybridized carbons (Fsp3) is 0.0714. The van der Waals surface area contributed by atoms with E-state index in [9.17, 15) is 9.59 Å². The zero-order chi connectivity index (χ0) is 15.7. The lowest BCUT2D eigenvalue weighted by atomic mass is 10.3. The second-order valence-corrected chi connectivity index (χ2v) is 6.20. The van der Waals surface area contributed by atoms with Gasteiger partial charge in [0.2, 0.25) is 5.91 Å². The number of fused-ring (bicyclic) bond motifs is 1. The minimum atomic E-state index is -0.350. The van der Waals surface area contributed by atoms with Crippen LogP contribution in [0.5, 0.6) is 0 Å². The first-order valence-corrected chi connectivity index (χ1v) is 7.86. The molecule has 0 atom stereocenters. The number of nitrogens with zero attached hydrogens (tertiary/aromatic N) is 2. The molecule has 0 aliphatic heterocycles. The van der Waals surface area contributed by atoms with Crippen LogP contribution in [0.1, 0.15) is 0 Å². The topological polar surface area (TPSA) is 64.0 Å². The molecule has 0 saturated heterocycles. The third kappa shape index (κ3) is 2.99. The lowest BCUT2D eigenvalue weighted by Crippen LogP contribution is -2.27. The minimum absolute atomic E-state index is 0.127. The SMILES string of the molecule is O=C(Cn1cnc2sccc2c1=O)Nc1ccc(Cl)c(Cl)c1. The molecule has 0 unspecified atom stereocenters. The highest BCUT2D eigenvalue weighted by Crippen LogP contribution is 2.24. The zero-order valence-electron chi connectivity index (χ0n) is 11.0. The Bertz CT molecular complexity index is 920. The summed E-state index contributed by atoms with van der Waals surface area (Å²) in [5, 5.41) is 5.71. The number of thiophene rings is 1. The van der Waals surface area contributed by atoms with Gasteiger partial charge < -0.3 is 5.32 Å². The van der Waals surface area contributed by atoms with Gasteiger partial charge >= 0.3 is 0 Å². The molecule has 0 spiro atoms. The fourth-order valence-electron chi connectivity index (χ4n) is 1.94. The summed E-state index contributed by atoms with van der Waals surface area (Å²) in [4.78, 5) is 29.0. The molecule has 1 aromatic carbocycles. The quantitative estimate of drug-likeness (QED) is 0.784. The second kappa shape index (κ2) is 6.08. The number of hydrogen-bond acceptors (Lipinski definition) is 4. The molecule has 2 aromatic heterocycles. The number of nitrogens with one attached hydrogen (secondary N) is 1. The molecular formula is C14H9Cl2N3O2S. The molecule has 0 aliphatic rings. The molecule has 0 radical (unpaired) electrons. The number of halogens is 2. The van der Waals surface area contributed by atoms with Gasteiger partial charge in [-0.2, -0.15) is 0 Å². The van der Waals surface area contributed by atoms with Gasteiger partial charge in [-0.1, -0.05) is 23.2 Å². The molecule has 2 heterocycles. The van der Waals surface area contributed by atoms with E-state index in [0.29, 0.717) is 25.9 Å². The van der Waals surface area contributed by atoms with Crippen molar-refractivity contribution in [3.05, 3.63) is 56.4 Å². The predicted octanol–water partition coefficient (Wildman–Crippen LogP) is 3.40. The van der Waals surface area contributed by atoms with E-state index in [1.165, 1.54) is 22.2 Å². The fourth-order valence-corrected chi connectivity index (χ4v) is 2.96. The predicted molar refractivity (Wildman–Crippen MR) is 89.0 cm³/mol. The van der Waals surface area contributed by atoms with Crippen LogP contribution in [0, 0.1) is 0 Å². The Kier molecular flexibility index (Phi) is 4.15. The lowest BCUT2D eigenvalue weighted by Gasteiger charge is -2.08. The number of hydrogen-bond donors (Lipinski definition) is 1. The number of carbonyl (C=O) groups excluding carboxylic acids is 1. The van der Waals surface area contributed by atoms with Crippen LogP contribution < -0.4 is 10.9 Å². The highest BCUT2D eigenvalue weighted by atomic mass is 35.5. The maximum atomic E-state index is 12.2. The maximum absolute atomic E-state index is 12.2. The van der Waals surface area contributed by atoms with Crippen molar-refractivity contribution in [1.82, 2.24) is 9.55 Å². The van der Waals surface area contributed by atoms with Gasteiger partial charge in [0.05, 0.1) is 21.8 Å². The number of rotatable bonds is 3. The van der Waals surface area contributed by atoms with Crippen molar-refractivity contribution >= 4 is 56.3 Å². The van der Waals surface area contributed by atoms with Crippen molar-refractivity contribution < 1.29 is 4.79 Å². The molecule has 0 bridgehead atoms. The van der Waals surface area contributed by atoms with E-state index < -0.39 is 0 Å². The maximum Gasteiger partial charge on any atom is 0.262 e. The summed E-state index contributed by atoms with van der Waals surface area (Å²) in [7, 11) is 0. The first-order valence-electron chi connectivity index (χ1n) is 6.22. The second-order valence-electron chi connectivity index (χ2n) is 4.49. The van der Waals surface area contributed by atoms with Crippen molar-refractivity contribution in [2.24, 2.45) is 0 Å². The Morgan fingerprint density at radius 2 is 2.09 bits per heavy atom. The van der Waals surface area contributed by atoms with Crippen molar-refractivity contribution in [2.75, 3.05) is 5.32 Å². The molecule has 112 valence electrons. The van der Waals surface area contributed by atoms with Gasteiger partial charge in [0, 0.05) is 5.69 Å². The highest BCUT2D eigenvalue weighted by molar-refractivity contribution is 7.16. The number of anilines is 1. The molecular weight excluding hydrogens is 345 g/mol. The Hall–Kier alpha value is -1.89. The first kappa shape index (κ1) is 15.0. The highest BCUT2D eigenvalue weighted by Gasteiger charge is 2.09. The van der Waals surface area contributed by atoms with Crippen molar-refractivity contribution in [2.45, 2.75) is 6.54 Å². The average Bonchev–Trinajstić information content (AvgIpc) is 2.95. The standard InChI is InChI=1S/C14H9Cl2N3O2S/c15-10-2-1-8(5-11(10)16)18-12(20)6-19-7-17-13-9(14(19)21)3-4-22-13/h1-5,7H,6H2,(H,18,20). The molecule has 5 nitrogen and oxygen atoms in total. The van der Waals surface area contributed by atoms with Crippen LogP contribution >= 0.6 is 34.5 Å². The Labute approximate surface area is 139 Å². The van der Waals surface area contributed by atoms with Crippen LogP contribution in [-0.2, 0) is 11.3 Å². The molecule has 8 heteroatoms. The van der Waals surface area contributed by atoms with E-state index in [0.717, 1.165) is 0 Å². The van der Waals surface area contributed by atoms with Crippen LogP contribution in [0.2, 0.25) is 10.0 Å². The zero-order valence-corrected chi connectivity index (χ0v) is 13.4. The molecule has 0 fully saturated rings. The van der Waals surface area contributed by atoms with E-state index in [-0.39, 0.29) is 18.0 Å². The molecule has 1 N–H and O–H groups in total. The van der Waals surface area contributed by atoms with Gasteiger partial charge in [0.25, 0.3) is 5.56 Å². The number of carbonyl (C=O) groups is 1. The molecule has 3 aromatic rings. The third-order valence-corrected chi connectivity index (χ3v) is 4.53. The summed E-state index contributed by atoms with van der Waals surface area (Å²) in [5.41, 5.74) is 0.271. The van der Waals surface area contributed by atoms with Crippen LogP contribution in [0.4, 0.5) is 5.69 Å². The van der Waals surface area contributed by atoms with Gasteiger partial charge in [-0.25, -0.2) is 4.98 Å². The summed E-state index contributed by atoms with van der Waals surface area (Å²) < 4.78 is 1.27. The summed E-state index contributed by atoms with van der Waals surface area (Å²) in [6.07, 6.45) is 1.37. The number of benzene rings is 1. The first-order chi connectivity index (χ1) is 10.5. The molecule has 3 rings (SSSR count). The minimum Gasteiger partial charge on any atom is -0.324 e. The molecule has 0 aliphatic carbocycles. The van der Waals surface area contributed by atoms with Gasteiger partial charge in [-0.05, 0) is 29.6 Å². The average molecular weight is 354 g/mol. The van der Waals surface area contributed by atoms with Crippen LogP contribution in [0.3, 0.4) is 0 Å². The van der Waals surface area contributed by atoms with Gasteiger partial charge in [-0.15, -0.1) is 11.3 Å². The van der Waals surface area contributed by atoms with Crippen molar-refractivity contribution in [3.8, 4) is 0 Å². The van der Waals surface area contributed by atoms with E-state index in [4.69, 9.17) is 23.2 Å². The Balaban J connectivity index is 1.79. The molecule has 22 heavy (non-hydrogen) atoms. The summed E-state index contributed by atoms with van der Waals surface area (Å²) in [5.74, 6) is -0.350. The largest absolute Gasteiger partial charge is 0.324 e. The van der Waals surface area contributed by atoms with Crippen molar-refractivity contribution in [1.29, 1.82) is 0 Å². The van der Waals surface area contributed by atoms with E-state index in [1.807, 2.05) is 0 Å². The smallest absolute Gasteiger partial charge is 0.262 e. The summed E-state index contributed by atoms with van der Waals surface area (Å²) >= 11 is 13.1. The van der Waals surface area contributed by atoms with E-state index in [1.54, 1.807) is 29.6 Å². The van der Waals surface area contributed by atoms with Crippen LogP contribution in [0.15, 0.2) is 40.8 Å². The van der Waals surface area contributed by atoms with Gasteiger partial charge in [0.15, 0.2) is 0 Å². The third-order valence-electron chi connectivity index (χ3n) is 2.97. The number of aromatic nitrogens is 2. The Morgan fingerprint density at radius 3 is 2.86 bits per heavy atom. The van der Waals surface area contributed by atoms with Crippen LogP contribution in [0.25, 0.3) is 10.2 Å². The summed E-state index contributed by atoms with van der Waals surface area (Å²) in [6.45, 7) is -0.127. The molecule has 1 amide bonds. The van der Waals surface area contributed by atoms with Gasteiger partial charge in [0.1, 0.15) is 11.4 Å². The van der Waals surface area contributed by atoms with Gasteiger partial charge in [-0.3, -0.25) is 14.2 Å². The summed E-state index contributed by atoms with van der Waals surface area (Å²) in [6, 6.07) is 6.47. The normalized spacial score (nSPS) is 10.8. The monoisotopic (exact) mass is 353 g/mol.